The van der Waals surface area contributed by atoms with Gasteiger partial charge in [-0.1, -0.05) is 43.7 Å². The quantitative estimate of drug-likeness (QED) is 0.465. The van der Waals surface area contributed by atoms with Crippen LogP contribution in [0, 0.1) is 12.8 Å². The third-order valence-corrected chi connectivity index (χ3v) is 5.40. The SMILES string of the molecule is Cc1ccc(S(=O)(=O)N[C@H](CC(C)C)C(=O)N/N=C\c2cccc(O)c2)cc1. The number of hydrogen-bond donors (Lipinski definition) is 3. The van der Waals surface area contributed by atoms with Gasteiger partial charge in [0.25, 0.3) is 5.91 Å². The number of sulfonamides is 1. The van der Waals surface area contributed by atoms with Crippen LogP contribution in [-0.2, 0) is 14.8 Å². The second kappa shape index (κ2) is 9.48. The Morgan fingerprint density at radius 3 is 2.46 bits per heavy atom. The van der Waals surface area contributed by atoms with Crippen LogP contribution < -0.4 is 10.1 Å². The number of phenols is 1. The van der Waals surface area contributed by atoms with Gasteiger partial charge in [-0.15, -0.1) is 0 Å². The normalized spacial score (nSPS) is 13.0. The van der Waals surface area contributed by atoms with Crippen molar-refractivity contribution in [2.75, 3.05) is 0 Å². The summed E-state index contributed by atoms with van der Waals surface area (Å²) < 4.78 is 27.7. The third kappa shape index (κ3) is 6.47. The van der Waals surface area contributed by atoms with Crippen molar-refractivity contribution in [3.05, 3.63) is 59.7 Å². The lowest BCUT2D eigenvalue weighted by molar-refractivity contribution is -0.123. The van der Waals surface area contributed by atoms with Gasteiger partial charge in [0.2, 0.25) is 10.0 Å². The maximum atomic E-state index is 12.6. The molecule has 2 rings (SSSR count). The van der Waals surface area contributed by atoms with Gasteiger partial charge in [-0.3, -0.25) is 4.79 Å². The summed E-state index contributed by atoms with van der Waals surface area (Å²) in [4.78, 5) is 12.6. The van der Waals surface area contributed by atoms with E-state index < -0.39 is 22.0 Å². The minimum absolute atomic E-state index is 0.0822. The topological polar surface area (TPSA) is 108 Å². The molecule has 3 N–H and O–H groups in total. The molecule has 0 fully saturated rings. The van der Waals surface area contributed by atoms with Crippen LogP contribution in [0.25, 0.3) is 0 Å². The summed E-state index contributed by atoms with van der Waals surface area (Å²) in [6, 6.07) is 11.8. The molecule has 0 aliphatic rings. The highest BCUT2D eigenvalue weighted by Crippen LogP contribution is 2.13. The highest BCUT2D eigenvalue weighted by atomic mass is 32.2. The molecule has 1 amide bonds. The zero-order valence-corrected chi connectivity index (χ0v) is 16.9. The molecule has 150 valence electrons. The van der Waals surface area contributed by atoms with Gasteiger partial charge in [0.05, 0.1) is 11.1 Å². The number of aryl methyl sites for hydroxylation is 1. The number of phenolic OH excluding ortho intramolecular Hbond substituents is 1. The molecule has 0 aliphatic heterocycles. The minimum atomic E-state index is -3.85. The predicted molar refractivity (Wildman–Crippen MR) is 109 cm³/mol. The van der Waals surface area contributed by atoms with E-state index in [1.165, 1.54) is 30.5 Å². The van der Waals surface area contributed by atoms with E-state index in [4.69, 9.17) is 0 Å². The molecule has 0 saturated heterocycles. The van der Waals surface area contributed by atoms with Gasteiger partial charge >= 0.3 is 0 Å². The van der Waals surface area contributed by atoms with E-state index in [1.807, 2.05) is 20.8 Å². The number of hydrogen-bond acceptors (Lipinski definition) is 5. The Hall–Kier alpha value is -2.71. The van der Waals surface area contributed by atoms with Gasteiger partial charge in [-0.05, 0) is 49.1 Å². The number of rotatable bonds is 8. The zero-order chi connectivity index (χ0) is 20.7. The van der Waals surface area contributed by atoms with E-state index in [0.717, 1.165) is 5.56 Å². The molecule has 28 heavy (non-hydrogen) atoms. The maximum Gasteiger partial charge on any atom is 0.258 e. The Balaban J connectivity index is 2.11. The smallest absolute Gasteiger partial charge is 0.258 e. The first kappa shape index (κ1) is 21.6. The van der Waals surface area contributed by atoms with E-state index in [-0.39, 0.29) is 16.6 Å². The average Bonchev–Trinajstić information content (AvgIpc) is 2.61. The van der Waals surface area contributed by atoms with Crippen molar-refractivity contribution < 1.29 is 18.3 Å². The van der Waals surface area contributed by atoms with Crippen molar-refractivity contribution in [2.24, 2.45) is 11.0 Å². The van der Waals surface area contributed by atoms with Crippen molar-refractivity contribution >= 4 is 22.1 Å². The molecular formula is C20H25N3O4S. The number of benzene rings is 2. The number of nitrogens with zero attached hydrogens (tertiary/aromatic N) is 1. The van der Waals surface area contributed by atoms with Crippen LogP contribution >= 0.6 is 0 Å². The first-order valence-corrected chi connectivity index (χ1v) is 10.4. The van der Waals surface area contributed by atoms with Crippen LogP contribution in [0.15, 0.2) is 58.5 Å². The fourth-order valence-electron chi connectivity index (χ4n) is 2.51. The molecule has 0 aliphatic carbocycles. The third-order valence-electron chi connectivity index (χ3n) is 3.91. The first-order valence-electron chi connectivity index (χ1n) is 8.88. The number of carbonyl (C=O) groups is 1. The molecule has 1 atom stereocenters. The molecule has 0 aromatic heterocycles. The van der Waals surface area contributed by atoms with Gasteiger partial charge in [0.1, 0.15) is 11.8 Å². The number of aromatic hydroxyl groups is 1. The van der Waals surface area contributed by atoms with Gasteiger partial charge in [-0.2, -0.15) is 9.82 Å². The summed E-state index contributed by atoms with van der Waals surface area (Å²) in [7, 11) is -3.85. The van der Waals surface area contributed by atoms with Crippen LogP contribution in [0.4, 0.5) is 0 Å². The summed E-state index contributed by atoms with van der Waals surface area (Å²) in [5, 5.41) is 13.3. The second-order valence-corrected chi connectivity index (χ2v) is 8.66. The van der Waals surface area contributed by atoms with Gasteiger partial charge < -0.3 is 5.11 Å². The van der Waals surface area contributed by atoms with Crippen LogP contribution in [0.5, 0.6) is 5.75 Å². The number of nitrogens with one attached hydrogen (secondary N) is 2. The van der Waals surface area contributed by atoms with Gasteiger partial charge in [0, 0.05) is 0 Å². The Kier molecular flexibility index (Phi) is 7.31. The van der Waals surface area contributed by atoms with E-state index in [9.17, 15) is 18.3 Å². The minimum Gasteiger partial charge on any atom is -0.508 e. The van der Waals surface area contributed by atoms with Crippen molar-refractivity contribution in [1.29, 1.82) is 0 Å². The second-order valence-electron chi connectivity index (χ2n) is 6.95. The first-order chi connectivity index (χ1) is 13.2. The van der Waals surface area contributed by atoms with Crippen LogP contribution in [0.2, 0.25) is 0 Å². The molecule has 0 bridgehead atoms. The molecular weight excluding hydrogens is 378 g/mol. The Morgan fingerprint density at radius 1 is 1.18 bits per heavy atom. The average molecular weight is 404 g/mol. The maximum absolute atomic E-state index is 12.6. The molecule has 0 radical (unpaired) electrons. The summed E-state index contributed by atoms with van der Waals surface area (Å²) in [5.74, 6) is -0.383. The summed E-state index contributed by atoms with van der Waals surface area (Å²) >= 11 is 0. The van der Waals surface area contributed by atoms with Crippen molar-refractivity contribution in [3.8, 4) is 5.75 Å². The molecule has 7 nitrogen and oxygen atoms in total. The lowest BCUT2D eigenvalue weighted by Gasteiger charge is -2.19. The Labute approximate surface area is 165 Å². The van der Waals surface area contributed by atoms with Gasteiger partial charge in [0.15, 0.2) is 0 Å². The van der Waals surface area contributed by atoms with E-state index in [0.29, 0.717) is 12.0 Å². The molecule has 0 unspecified atom stereocenters. The van der Waals surface area contributed by atoms with E-state index >= 15 is 0 Å². The monoisotopic (exact) mass is 403 g/mol. The Bertz CT molecular complexity index is 938. The molecule has 8 heteroatoms. The molecule has 0 spiro atoms. The zero-order valence-electron chi connectivity index (χ0n) is 16.1. The number of carbonyl (C=O) groups excluding carboxylic acids is 1. The lowest BCUT2D eigenvalue weighted by Crippen LogP contribution is -2.46. The largest absolute Gasteiger partial charge is 0.508 e. The fraction of sp³-hybridized carbons (Fsp3) is 0.300. The van der Waals surface area contributed by atoms with Crippen molar-refractivity contribution in [2.45, 2.75) is 38.1 Å². The van der Waals surface area contributed by atoms with Crippen LogP contribution in [-0.4, -0.2) is 31.7 Å². The number of amides is 1. The highest BCUT2D eigenvalue weighted by molar-refractivity contribution is 7.89. The molecule has 2 aromatic carbocycles. The van der Waals surface area contributed by atoms with Crippen molar-refractivity contribution in [3.63, 3.8) is 0 Å². The Morgan fingerprint density at radius 2 is 1.86 bits per heavy atom. The number of hydrazone groups is 1. The van der Waals surface area contributed by atoms with E-state index in [1.54, 1.807) is 24.3 Å². The summed E-state index contributed by atoms with van der Waals surface area (Å²) in [6.07, 6.45) is 1.69. The standard InChI is InChI=1S/C20H25N3O4S/c1-14(2)11-19(23-28(26,27)18-9-7-15(3)8-10-18)20(25)22-21-13-16-5-4-6-17(24)12-16/h4-10,12-14,19,23-24H,11H2,1-3H3,(H,22,25)/b21-13-/t19-/m1/s1. The summed E-state index contributed by atoms with van der Waals surface area (Å²) in [5.41, 5.74) is 3.90. The van der Waals surface area contributed by atoms with Crippen LogP contribution in [0.1, 0.15) is 31.4 Å². The lowest BCUT2D eigenvalue weighted by atomic mass is 10.0. The molecule has 2 aromatic rings. The molecule has 0 saturated carbocycles. The fourth-order valence-corrected chi connectivity index (χ4v) is 3.71. The summed E-state index contributed by atoms with van der Waals surface area (Å²) in [6.45, 7) is 5.66. The molecule has 0 heterocycles. The van der Waals surface area contributed by atoms with Crippen LogP contribution in [0.3, 0.4) is 0 Å². The van der Waals surface area contributed by atoms with E-state index in [2.05, 4.69) is 15.2 Å². The van der Waals surface area contributed by atoms with Gasteiger partial charge in [-0.25, -0.2) is 13.8 Å². The predicted octanol–water partition coefficient (Wildman–Crippen LogP) is 2.54. The van der Waals surface area contributed by atoms with Crippen molar-refractivity contribution in [1.82, 2.24) is 10.1 Å². The highest BCUT2D eigenvalue weighted by Gasteiger charge is 2.26.